The molecule has 130 valence electrons. The van der Waals surface area contributed by atoms with Crippen LogP contribution < -0.4 is 0 Å². The molecule has 2 rings (SSSR count). The van der Waals surface area contributed by atoms with Crippen molar-refractivity contribution in [1.29, 1.82) is 0 Å². The molecule has 3 nitrogen and oxygen atoms in total. The maximum Gasteiger partial charge on any atom is 0.148 e. The lowest BCUT2D eigenvalue weighted by Gasteiger charge is -2.58. The molecule has 0 heterocycles. The summed E-state index contributed by atoms with van der Waals surface area (Å²) in [5.41, 5.74) is 1.98. The topological polar surface area (TPSA) is 57.5 Å². The third-order valence-electron chi connectivity index (χ3n) is 6.63. The third-order valence-corrected chi connectivity index (χ3v) is 6.63. The summed E-state index contributed by atoms with van der Waals surface area (Å²) in [4.78, 5) is 11.2. The number of hydrogen-bond acceptors (Lipinski definition) is 3. The number of fused-ring (bicyclic) bond motifs is 1. The molecule has 0 aromatic carbocycles. The van der Waals surface area contributed by atoms with Crippen LogP contribution in [0.25, 0.3) is 0 Å². The van der Waals surface area contributed by atoms with Crippen LogP contribution >= 0.6 is 0 Å². The van der Waals surface area contributed by atoms with E-state index in [2.05, 4.69) is 27.4 Å². The van der Waals surface area contributed by atoms with E-state index in [9.17, 15) is 9.90 Å². The van der Waals surface area contributed by atoms with Gasteiger partial charge in [0.1, 0.15) is 6.29 Å². The van der Waals surface area contributed by atoms with Crippen LogP contribution in [-0.2, 0) is 4.79 Å². The molecule has 4 unspecified atom stereocenters. The molecular weight excluding hydrogens is 288 g/mol. The van der Waals surface area contributed by atoms with Crippen molar-refractivity contribution in [3.63, 3.8) is 0 Å². The fourth-order valence-corrected chi connectivity index (χ4v) is 5.44. The molecule has 0 saturated heterocycles. The van der Waals surface area contributed by atoms with Crippen LogP contribution in [0.2, 0.25) is 0 Å². The zero-order valence-corrected chi connectivity index (χ0v) is 14.8. The van der Waals surface area contributed by atoms with Gasteiger partial charge in [0.25, 0.3) is 0 Å². The van der Waals surface area contributed by atoms with Crippen LogP contribution in [0.1, 0.15) is 59.3 Å². The molecule has 0 aliphatic heterocycles. The first-order chi connectivity index (χ1) is 10.8. The number of hydrogen-bond donors (Lipinski definition) is 2. The van der Waals surface area contributed by atoms with E-state index in [0.717, 1.165) is 12.8 Å². The van der Waals surface area contributed by atoms with Gasteiger partial charge in [-0.1, -0.05) is 45.4 Å². The van der Waals surface area contributed by atoms with E-state index >= 15 is 0 Å². The molecule has 0 spiro atoms. The molecule has 0 bridgehead atoms. The van der Waals surface area contributed by atoms with Crippen LogP contribution in [-0.4, -0.2) is 29.2 Å². The highest BCUT2D eigenvalue weighted by Crippen LogP contribution is 2.61. The number of carbonyl (C=O) groups excluding carboxylic acids is 1. The van der Waals surface area contributed by atoms with Crippen LogP contribution in [0.15, 0.2) is 23.8 Å². The highest BCUT2D eigenvalue weighted by molar-refractivity contribution is 5.74. The van der Waals surface area contributed by atoms with Gasteiger partial charge < -0.3 is 10.2 Å². The van der Waals surface area contributed by atoms with Crippen LogP contribution in [0.4, 0.5) is 0 Å². The van der Waals surface area contributed by atoms with Gasteiger partial charge in [0.15, 0.2) is 0 Å². The standard InChI is InChI=1S/C20H32O3/c1-14-6-7-18-19(2,3)9-5-10-20(18,4)16(14)12-17(23)15(13-22)8-11-21/h8,13,16-18,21,23H,1,5-7,9-12H2,2-4H3. The molecule has 4 atom stereocenters. The van der Waals surface area contributed by atoms with Gasteiger partial charge in [0.2, 0.25) is 0 Å². The largest absolute Gasteiger partial charge is 0.392 e. The molecule has 0 aromatic rings. The van der Waals surface area contributed by atoms with E-state index in [1.165, 1.54) is 30.9 Å². The van der Waals surface area contributed by atoms with Gasteiger partial charge in [-0.15, -0.1) is 0 Å². The van der Waals surface area contributed by atoms with E-state index in [0.29, 0.717) is 29.6 Å². The molecule has 0 aromatic heterocycles. The molecule has 3 heteroatoms. The first-order valence-electron chi connectivity index (χ1n) is 8.88. The van der Waals surface area contributed by atoms with E-state index in [-0.39, 0.29) is 17.9 Å². The molecular formula is C20H32O3. The van der Waals surface area contributed by atoms with Gasteiger partial charge in [0, 0.05) is 5.57 Å². The summed E-state index contributed by atoms with van der Waals surface area (Å²) >= 11 is 0. The van der Waals surface area contributed by atoms with E-state index in [1.54, 1.807) is 0 Å². The molecule has 2 fully saturated rings. The second kappa shape index (κ2) is 6.90. The predicted octanol–water partition coefficient (Wildman–Crippen LogP) is 3.65. The van der Waals surface area contributed by atoms with Gasteiger partial charge in [-0.05, 0) is 54.8 Å². The minimum absolute atomic E-state index is 0.144. The Kier molecular flexibility index (Phi) is 5.52. The minimum Gasteiger partial charge on any atom is -0.392 e. The summed E-state index contributed by atoms with van der Waals surface area (Å²) in [6.07, 6.45) is 7.63. The highest BCUT2D eigenvalue weighted by Gasteiger charge is 2.53. The Labute approximate surface area is 140 Å². The van der Waals surface area contributed by atoms with Gasteiger partial charge in [-0.3, -0.25) is 4.79 Å². The first kappa shape index (κ1) is 18.4. The van der Waals surface area contributed by atoms with E-state index < -0.39 is 6.10 Å². The number of allylic oxidation sites excluding steroid dienone is 1. The second-order valence-electron chi connectivity index (χ2n) is 8.41. The molecule has 0 radical (unpaired) electrons. The Balaban J connectivity index is 2.26. The normalized spacial score (nSPS) is 35.5. The SMILES string of the molecule is C=C1CCC2C(C)(C)CCCC2(C)C1CC(O)C(C=O)=CCO. The van der Waals surface area contributed by atoms with Gasteiger partial charge >= 0.3 is 0 Å². The predicted molar refractivity (Wildman–Crippen MR) is 92.9 cm³/mol. The Morgan fingerprint density at radius 1 is 1.39 bits per heavy atom. The maximum absolute atomic E-state index is 11.2. The van der Waals surface area contributed by atoms with E-state index in [1.807, 2.05) is 0 Å². The van der Waals surface area contributed by atoms with Crippen molar-refractivity contribution in [3.8, 4) is 0 Å². The first-order valence-corrected chi connectivity index (χ1v) is 8.88. The lowest BCUT2D eigenvalue weighted by atomic mass is 9.47. The zero-order chi connectivity index (χ0) is 17.3. The Bertz CT molecular complexity index is 491. The monoisotopic (exact) mass is 320 g/mol. The van der Waals surface area contributed by atoms with Crippen molar-refractivity contribution in [2.75, 3.05) is 6.61 Å². The van der Waals surface area contributed by atoms with Gasteiger partial charge in [-0.25, -0.2) is 0 Å². The van der Waals surface area contributed by atoms with Crippen molar-refractivity contribution < 1.29 is 15.0 Å². The summed E-state index contributed by atoms with van der Waals surface area (Å²) in [5.74, 6) is 0.867. The van der Waals surface area contributed by atoms with E-state index in [4.69, 9.17) is 5.11 Å². The molecule has 2 aliphatic carbocycles. The molecule has 0 amide bonds. The third kappa shape index (κ3) is 3.46. The van der Waals surface area contributed by atoms with Gasteiger partial charge in [0.05, 0.1) is 12.7 Å². The summed E-state index contributed by atoms with van der Waals surface area (Å²) in [6, 6.07) is 0. The summed E-state index contributed by atoms with van der Waals surface area (Å²) in [5, 5.41) is 19.5. The average molecular weight is 320 g/mol. The second-order valence-corrected chi connectivity index (χ2v) is 8.41. The van der Waals surface area contributed by atoms with Crippen molar-refractivity contribution in [2.45, 2.75) is 65.4 Å². The van der Waals surface area contributed by atoms with Crippen LogP contribution in [0, 0.1) is 22.7 Å². The highest BCUT2D eigenvalue weighted by atomic mass is 16.3. The molecule has 2 saturated carbocycles. The Hall–Kier alpha value is -0.930. The van der Waals surface area contributed by atoms with Crippen molar-refractivity contribution in [2.24, 2.45) is 22.7 Å². The van der Waals surface area contributed by atoms with Crippen LogP contribution in [0.5, 0.6) is 0 Å². The smallest absolute Gasteiger partial charge is 0.148 e. The van der Waals surface area contributed by atoms with Crippen molar-refractivity contribution in [1.82, 2.24) is 0 Å². The average Bonchev–Trinajstić information content (AvgIpc) is 2.47. The lowest BCUT2D eigenvalue weighted by Crippen LogP contribution is -2.50. The number of aldehydes is 1. The number of rotatable bonds is 5. The number of aliphatic hydroxyl groups is 2. The fraction of sp³-hybridized carbons (Fsp3) is 0.750. The quantitative estimate of drug-likeness (QED) is 0.462. The number of aliphatic hydroxyl groups excluding tert-OH is 2. The summed E-state index contributed by atoms with van der Waals surface area (Å²) < 4.78 is 0. The van der Waals surface area contributed by atoms with Gasteiger partial charge in [-0.2, -0.15) is 0 Å². The Morgan fingerprint density at radius 2 is 2.09 bits per heavy atom. The molecule has 2 aliphatic rings. The minimum atomic E-state index is -0.818. The summed E-state index contributed by atoms with van der Waals surface area (Å²) in [6.45, 7) is 11.2. The zero-order valence-electron chi connectivity index (χ0n) is 14.8. The lowest BCUT2D eigenvalue weighted by molar-refractivity contribution is -0.106. The maximum atomic E-state index is 11.2. The molecule has 2 N–H and O–H groups in total. The van der Waals surface area contributed by atoms with Crippen molar-refractivity contribution >= 4 is 6.29 Å². The van der Waals surface area contributed by atoms with Crippen LogP contribution in [0.3, 0.4) is 0 Å². The number of carbonyl (C=O) groups is 1. The fourth-order valence-electron chi connectivity index (χ4n) is 5.44. The summed E-state index contributed by atoms with van der Waals surface area (Å²) in [7, 11) is 0. The molecule has 23 heavy (non-hydrogen) atoms. The Morgan fingerprint density at radius 3 is 2.70 bits per heavy atom. The van der Waals surface area contributed by atoms with Crippen molar-refractivity contribution in [3.05, 3.63) is 23.8 Å².